The highest BCUT2D eigenvalue weighted by molar-refractivity contribution is 5.44. The molecule has 0 radical (unpaired) electrons. The summed E-state index contributed by atoms with van der Waals surface area (Å²) in [5.41, 5.74) is 2.44. The molecule has 0 saturated heterocycles. The molecule has 3 nitrogen and oxygen atoms in total. The maximum absolute atomic E-state index is 9.91. The number of hydrogen-bond acceptors (Lipinski definition) is 3. The van der Waals surface area contributed by atoms with Crippen molar-refractivity contribution in [1.82, 2.24) is 10.2 Å². The highest BCUT2D eigenvalue weighted by Crippen LogP contribution is 2.36. The Morgan fingerprint density at radius 3 is 2.81 bits per heavy atom. The lowest BCUT2D eigenvalue weighted by Crippen LogP contribution is -2.31. The Morgan fingerprint density at radius 1 is 1.33 bits per heavy atom. The van der Waals surface area contributed by atoms with Gasteiger partial charge in [-0.15, -0.1) is 0 Å². The quantitative estimate of drug-likeness (QED) is 0.769. The predicted octanol–water partition coefficient (Wildman–Crippen LogP) is 3.48. The van der Waals surface area contributed by atoms with Crippen molar-refractivity contribution in [1.29, 1.82) is 0 Å². The second-order valence-electron chi connectivity index (χ2n) is 6.17. The molecular formula is C18H30N2O. The molecule has 2 rings (SSSR count). The maximum atomic E-state index is 9.91. The Hall–Kier alpha value is -1.06. The average Bonchev–Trinajstić information content (AvgIpc) is 2.88. The van der Waals surface area contributed by atoms with Gasteiger partial charge in [0.25, 0.3) is 0 Å². The number of rotatable bonds is 8. The third kappa shape index (κ3) is 4.21. The van der Waals surface area contributed by atoms with E-state index in [1.54, 1.807) is 6.07 Å². The van der Waals surface area contributed by atoms with Crippen LogP contribution >= 0.6 is 0 Å². The van der Waals surface area contributed by atoms with E-state index in [9.17, 15) is 5.11 Å². The molecule has 1 aliphatic carbocycles. The Morgan fingerprint density at radius 2 is 2.10 bits per heavy atom. The molecule has 0 aliphatic heterocycles. The van der Waals surface area contributed by atoms with E-state index in [1.165, 1.54) is 24.9 Å². The normalized spacial score (nSPS) is 19.0. The van der Waals surface area contributed by atoms with Crippen molar-refractivity contribution in [2.24, 2.45) is 0 Å². The summed E-state index contributed by atoms with van der Waals surface area (Å²) in [6, 6.07) is 6.85. The molecule has 0 aromatic heterocycles. The van der Waals surface area contributed by atoms with Crippen LogP contribution in [-0.4, -0.2) is 35.7 Å². The van der Waals surface area contributed by atoms with E-state index in [0.29, 0.717) is 17.8 Å². The van der Waals surface area contributed by atoms with Crippen LogP contribution < -0.4 is 5.32 Å². The lowest BCUT2D eigenvalue weighted by molar-refractivity contribution is 0.288. The van der Waals surface area contributed by atoms with Gasteiger partial charge in [-0.25, -0.2) is 0 Å². The van der Waals surface area contributed by atoms with E-state index < -0.39 is 0 Å². The molecule has 2 unspecified atom stereocenters. The van der Waals surface area contributed by atoms with Crippen molar-refractivity contribution in [3.8, 4) is 5.75 Å². The third-order valence-corrected chi connectivity index (χ3v) is 4.74. The molecule has 1 aromatic carbocycles. The van der Waals surface area contributed by atoms with Gasteiger partial charge in [-0.1, -0.05) is 26.0 Å². The fourth-order valence-corrected chi connectivity index (χ4v) is 3.40. The summed E-state index contributed by atoms with van der Waals surface area (Å²) in [5, 5.41) is 13.6. The first-order chi connectivity index (χ1) is 10.2. The standard InChI is InChI=1S/C18H30N2O/c1-4-20(5-2)13-7-8-14(3)19-17-12-11-16-15(17)9-6-10-18(16)21/h6,9-10,14,17,19,21H,4-5,7-8,11-13H2,1-3H3. The van der Waals surface area contributed by atoms with Gasteiger partial charge in [0.05, 0.1) is 0 Å². The molecule has 0 saturated carbocycles. The van der Waals surface area contributed by atoms with Crippen molar-refractivity contribution < 1.29 is 5.11 Å². The molecule has 0 spiro atoms. The summed E-state index contributed by atoms with van der Waals surface area (Å²) in [6.45, 7) is 10.2. The summed E-state index contributed by atoms with van der Waals surface area (Å²) < 4.78 is 0. The minimum Gasteiger partial charge on any atom is -0.508 e. The zero-order valence-electron chi connectivity index (χ0n) is 13.7. The lowest BCUT2D eigenvalue weighted by atomic mass is 10.1. The molecule has 1 aliphatic rings. The van der Waals surface area contributed by atoms with Gasteiger partial charge in [-0.2, -0.15) is 0 Å². The Kier molecular flexibility index (Phi) is 6.07. The van der Waals surface area contributed by atoms with E-state index >= 15 is 0 Å². The molecule has 0 bridgehead atoms. The van der Waals surface area contributed by atoms with Crippen molar-refractivity contribution in [3.05, 3.63) is 29.3 Å². The van der Waals surface area contributed by atoms with Crippen LogP contribution in [0, 0.1) is 0 Å². The number of phenolic OH excluding ortho intramolecular Hbond substituents is 1. The number of nitrogens with one attached hydrogen (secondary N) is 1. The summed E-state index contributed by atoms with van der Waals surface area (Å²) in [4.78, 5) is 2.48. The number of benzene rings is 1. The number of phenols is 1. The monoisotopic (exact) mass is 290 g/mol. The van der Waals surface area contributed by atoms with Gasteiger partial charge in [-0.05, 0) is 69.4 Å². The van der Waals surface area contributed by atoms with Crippen molar-refractivity contribution in [2.75, 3.05) is 19.6 Å². The van der Waals surface area contributed by atoms with E-state index in [2.05, 4.69) is 37.1 Å². The van der Waals surface area contributed by atoms with Crippen LogP contribution in [0.2, 0.25) is 0 Å². The molecule has 3 heteroatoms. The second kappa shape index (κ2) is 7.81. The van der Waals surface area contributed by atoms with Crippen LogP contribution in [-0.2, 0) is 6.42 Å². The smallest absolute Gasteiger partial charge is 0.119 e. The van der Waals surface area contributed by atoms with Crippen LogP contribution in [0.25, 0.3) is 0 Å². The first kappa shape index (κ1) is 16.3. The Balaban J connectivity index is 1.80. The van der Waals surface area contributed by atoms with Gasteiger partial charge in [-0.3, -0.25) is 0 Å². The largest absolute Gasteiger partial charge is 0.508 e. The number of nitrogens with zero attached hydrogens (tertiary/aromatic N) is 1. The molecule has 21 heavy (non-hydrogen) atoms. The van der Waals surface area contributed by atoms with Gasteiger partial charge in [0.15, 0.2) is 0 Å². The van der Waals surface area contributed by atoms with Crippen molar-refractivity contribution in [3.63, 3.8) is 0 Å². The molecule has 2 N–H and O–H groups in total. The fourth-order valence-electron chi connectivity index (χ4n) is 3.40. The first-order valence-corrected chi connectivity index (χ1v) is 8.44. The van der Waals surface area contributed by atoms with Crippen molar-refractivity contribution in [2.45, 2.75) is 58.5 Å². The minimum absolute atomic E-state index is 0.413. The topological polar surface area (TPSA) is 35.5 Å². The van der Waals surface area contributed by atoms with Gasteiger partial charge in [0.2, 0.25) is 0 Å². The van der Waals surface area contributed by atoms with Crippen LogP contribution in [0.4, 0.5) is 0 Å². The van der Waals surface area contributed by atoms with E-state index in [-0.39, 0.29) is 0 Å². The third-order valence-electron chi connectivity index (χ3n) is 4.74. The summed E-state index contributed by atoms with van der Waals surface area (Å²) in [6.07, 6.45) is 4.55. The second-order valence-corrected chi connectivity index (χ2v) is 6.17. The Bertz CT molecular complexity index is 443. The minimum atomic E-state index is 0.413. The maximum Gasteiger partial charge on any atom is 0.119 e. The zero-order chi connectivity index (χ0) is 15.2. The highest BCUT2D eigenvalue weighted by Gasteiger charge is 2.25. The van der Waals surface area contributed by atoms with Gasteiger partial charge >= 0.3 is 0 Å². The summed E-state index contributed by atoms with van der Waals surface area (Å²) in [5.74, 6) is 0.464. The zero-order valence-corrected chi connectivity index (χ0v) is 13.7. The molecule has 1 aromatic rings. The van der Waals surface area contributed by atoms with E-state index in [0.717, 1.165) is 31.5 Å². The fraction of sp³-hybridized carbons (Fsp3) is 0.667. The van der Waals surface area contributed by atoms with Gasteiger partial charge in [0.1, 0.15) is 5.75 Å². The van der Waals surface area contributed by atoms with Crippen LogP contribution in [0.3, 0.4) is 0 Å². The average molecular weight is 290 g/mol. The predicted molar refractivity (Wildman–Crippen MR) is 88.8 cm³/mol. The molecule has 0 heterocycles. The Labute approximate surface area is 129 Å². The number of aromatic hydroxyl groups is 1. The molecule has 118 valence electrons. The van der Waals surface area contributed by atoms with E-state index in [4.69, 9.17) is 0 Å². The van der Waals surface area contributed by atoms with Crippen LogP contribution in [0.5, 0.6) is 5.75 Å². The highest BCUT2D eigenvalue weighted by atomic mass is 16.3. The van der Waals surface area contributed by atoms with Crippen LogP contribution in [0.1, 0.15) is 57.2 Å². The van der Waals surface area contributed by atoms with Gasteiger partial charge in [0, 0.05) is 12.1 Å². The van der Waals surface area contributed by atoms with E-state index in [1.807, 2.05) is 6.07 Å². The lowest BCUT2D eigenvalue weighted by Gasteiger charge is -2.22. The first-order valence-electron chi connectivity index (χ1n) is 8.44. The van der Waals surface area contributed by atoms with Crippen LogP contribution in [0.15, 0.2) is 18.2 Å². The SMILES string of the molecule is CCN(CC)CCCC(C)NC1CCc2c(O)cccc21. The molecule has 2 atom stereocenters. The number of fused-ring (bicyclic) bond motifs is 1. The summed E-state index contributed by atoms with van der Waals surface area (Å²) in [7, 11) is 0. The van der Waals surface area contributed by atoms with Crippen molar-refractivity contribution >= 4 is 0 Å². The molecule has 0 fully saturated rings. The molecular weight excluding hydrogens is 260 g/mol. The summed E-state index contributed by atoms with van der Waals surface area (Å²) >= 11 is 0. The number of hydrogen-bond donors (Lipinski definition) is 2. The van der Waals surface area contributed by atoms with Gasteiger partial charge < -0.3 is 15.3 Å². The molecule has 0 amide bonds.